The van der Waals surface area contributed by atoms with Crippen molar-refractivity contribution in [2.75, 3.05) is 0 Å². The maximum absolute atomic E-state index is 12.5. The van der Waals surface area contributed by atoms with Gasteiger partial charge in [0, 0.05) is 23.5 Å². The van der Waals surface area contributed by atoms with E-state index in [1.807, 2.05) is 6.07 Å². The summed E-state index contributed by atoms with van der Waals surface area (Å²) in [5, 5.41) is 3.24. The number of amides is 1. The molecule has 0 atom stereocenters. The highest BCUT2D eigenvalue weighted by Crippen LogP contribution is 2.49. The van der Waals surface area contributed by atoms with Crippen LogP contribution in [0.1, 0.15) is 54.9 Å². The molecular weight excluding hydrogens is 238 g/mol. The monoisotopic (exact) mass is 259 g/mol. The van der Waals surface area contributed by atoms with Crippen LogP contribution in [0.2, 0.25) is 0 Å². The molecule has 3 N–H and O–H groups in total. The Morgan fingerprint density at radius 3 is 2.74 bits per heavy atom. The minimum Gasteiger partial charge on any atom is -0.346 e. The molecule has 3 rings (SSSR count). The third-order valence-electron chi connectivity index (χ3n) is 4.81. The number of pyridine rings is 1. The van der Waals surface area contributed by atoms with Crippen molar-refractivity contribution < 1.29 is 4.79 Å². The standard InChI is InChI=1S/C15H21N3O/c1-2-11-3-8-17-9-12(11)13(19)18-15-6-4-14(16,10-15)5-7-15/h3,8-9H,2,4-7,10,16H2,1H3,(H,18,19). The number of nitrogens with one attached hydrogen (secondary N) is 1. The van der Waals surface area contributed by atoms with Gasteiger partial charge >= 0.3 is 0 Å². The van der Waals surface area contributed by atoms with E-state index in [2.05, 4.69) is 17.2 Å². The van der Waals surface area contributed by atoms with Crippen LogP contribution in [0.5, 0.6) is 0 Å². The van der Waals surface area contributed by atoms with E-state index in [1.165, 1.54) is 0 Å². The van der Waals surface area contributed by atoms with Gasteiger partial charge in [0.2, 0.25) is 0 Å². The van der Waals surface area contributed by atoms with E-state index in [1.54, 1.807) is 12.4 Å². The molecule has 0 radical (unpaired) electrons. The predicted molar refractivity (Wildman–Crippen MR) is 73.8 cm³/mol. The smallest absolute Gasteiger partial charge is 0.253 e. The average molecular weight is 259 g/mol. The molecule has 1 aromatic heterocycles. The molecule has 0 unspecified atom stereocenters. The summed E-state index contributed by atoms with van der Waals surface area (Å²) in [5.41, 5.74) is 7.96. The predicted octanol–water partition coefficient (Wildman–Crippen LogP) is 1.79. The van der Waals surface area contributed by atoms with Crippen molar-refractivity contribution in [1.82, 2.24) is 10.3 Å². The minimum atomic E-state index is -0.0628. The third-order valence-corrected chi connectivity index (χ3v) is 4.81. The van der Waals surface area contributed by atoms with Gasteiger partial charge in [-0.05, 0) is 50.2 Å². The summed E-state index contributed by atoms with van der Waals surface area (Å²) in [7, 11) is 0. The number of nitrogens with two attached hydrogens (primary N) is 1. The van der Waals surface area contributed by atoms with Crippen molar-refractivity contribution in [2.45, 2.75) is 56.5 Å². The molecule has 0 aromatic carbocycles. The first kappa shape index (κ1) is 12.6. The number of hydrogen-bond acceptors (Lipinski definition) is 3. The number of nitrogens with zero attached hydrogens (tertiary/aromatic N) is 1. The lowest BCUT2D eigenvalue weighted by Gasteiger charge is -2.28. The number of carbonyl (C=O) groups is 1. The van der Waals surface area contributed by atoms with Crippen LogP contribution in [0.25, 0.3) is 0 Å². The van der Waals surface area contributed by atoms with Gasteiger partial charge in [0.05, 0.1) is 5.56 Å². The topological polar surface area (TPSA) is 68.0 Å². The molecule has 2 bridgehead atoms. The maximum atomic E-state index is 12.5. The van der Waals surface area contributed by atoms with E-state index in [0.717, 1.165) is 44.1 Å². The van der Waals surface area contributed by atoms with Crippen LogP contribution in [0.15, 0.2) is 18.5 Å². The minimum absolute atomic E-state index is 0.0103. The van der Waals surface area contributed by atoms with Crippen LogP contribution < -0.4 is 11.1 Å². The van der Waals surface area contributed by atoms with E-state index >= 15 is 0 Å². The average Bonchev–Trinajstić information content (AvgIpc) is 2.91. The summed E-state index contributed by atoms with van der Waals surface area (Å²) in [6.45, 7) is 2.06. The number of aryl methyl sites for hydroxylation is 1. The van der Waals surface area contributed by atoms with E-state index < -0.39 is 0 Å². The Kier molecular flexibility index (Phi) is 2.86. The highest BCUT2D eigenvalue weighted by molar-refractivity contribution is 5.96. The molecule has 19 heavy (non-hydrogen) atoms. The number of aromatic nitrogens is 1. The lowest BCUT2D eigenvalue weighted by molar-refractivity contribution is 0.0899. The highest BCUT2D eigenvalue weighted by atomic mass is 16.1. The Hall–Kier alpha value is -1.42. The zero-order valence-corrected chi connectivity index (χ0v) is 11.4. The molecule has 2 aliphatic rings. The van der Waals surface area contributed by atoms with Crippen LogP contribution in [0.3, 0.4) is 0 Å². The summed E-state index contributed by atoms with van der Waals surface area (Å²) < 4.78 is 0. The fraction of sp³-hybridized carbons (Fsp3) is 0.600. The molecule has 4 heteroatoms. The van der Waals surface area contributed by atoms with Crippen LogP contribution in [0, 0.1) is 0 Å². The molecule has 0 spiro atoms. The van der Waals surface area contributed by atoms with Crippen molar-refractivity contribution in [3.8, 4) is 0 Å². The molecule has 2 fully saturated rings. The Bertz CT molecular complexity index is 504. The zero-order valence-electron chi connectivity index (χ0n) is 11.4. The van der Waals surface area contributed by atoms with Crippen molar-refractivity contribution >= 4 is 5.91 Å². The fourth-order valence-corrected chi connectivity index (χ4v) is 3.67. The molecule has 4 nitrogen and oxygen atoms in total. The number of hydrogen-bond donors (Lipinski definition) is 2. The Balaban J connectivity index is 1.79. The quantitative estimate of drug-likeness (QED) is 0.869. The lowest BCUT2D eigenvalue weighted by Crippen LogP contribution is -2.45. The first-order valence-electron chi connectivity index (χ1n) is 7.10. The lowest BCUT2D eigenvalue weighted by atomic mass is 9.91. The fourth-order valence-electron chi connectivity index (χ4n) is 3.67. The van der Waals surface area contributed by atoms with Crippen molar-refractivity contribution in [1.29, 1.82) is 0 Å². The molecule has 1 aromatic rings. The van der Waals surface area contributed by atoms with Gasteiger partial charge < -0.3 is 11.1 Å². The van der Waals surface area contributed by atoms with Gasteiger partial charge in [0.1, 0.15) is 0 Å². The molecule has 2 aliphatic carbocycles. The van der Waals surface area contributed by atoms with Gasteiger partial charge in [0.15, 0.2) is 0 Å². The first-order chi connectivity index (χ1) is 9.06. The number of fused-ring (bicyclic) bond motifs is 2. The maximum Gasteiger partial charge on any atom is 0.253 e. The van der Waals surface area contributed by atoms with E-state index in [0.29, 0.717) is 5.56 Å². The molecule has 102 valence electrons. The van der Waals surface area contributed by atoms with Crippen LogP contribution in [0.4, 0.5) is 0 Å². The molecule has 0 saturated heterocycles. The Labute approximate surface area is 113 Å². The largest absolute Gasteiger partial charge is 0.346 e. The van der Waals surface area contributed by atoms with Crippen LogP contribution >= 0.6 is 0 Å². The van der Waals surface area contributed by atoms with E-state index in [-0.39, 0.29) is 17.0 Å². The third kappa shape index (κ3) is 2.14. The molecule has 1 heterocycles. The summed E-state index contributed by atoms with van der Waals surface area (Å²) in [4.78, 5) is 16.6. The van der Waals surface area contributed by atoms with Gasteiger partial charge in [-0.2, -0.15) is 0 Å². The van der Waals surface area contributed by atoms with Crippen molar-refractivity contribution in [2.24, 2.45) is 5.73 Å². The van der Waals surface area contributed by atoms with Gasteiger partial charge in [-0.1, -0.05) is 6.92 Å². The summed E-state index contributed by atoms with van der Waals surface area (Å²) in [6.07, 6.45) is 9.26. The Morgan fingerprint density at radius 1 is 1.42 bits per heavy atom. The summed E-state index contributed by atoms with van der Waals surface area (Å²) in [5.74, 6) is 0.0103. The normalized spacial score (nSPS) is 32.5. The Morgan fingerprint density at radius 2 is 2.16 bits per heavy atom. The highest BCUT2D eigenvalue weighted by Gasteiger charge is 2.52. The number of rotatable bonds is 3. The summed E-state index contributed by atoms with van der Waals surface area (Å²) >= 11 is 0. The van der Waals surface area contributed by atoms with Gasteiger partial charge in [-0.25, -0.2) is 0 Å². The zero-order chi connectivity index (χ0) is 13.5. The second-order valence-corrected chi connectivity index (χ2v) is 6.16. The SMILES string of the molecule is CCc1ccncc1C(=O)NC12CCC(N)(CC1)C2. The number of carbonyl (C=O) groups excluding carboxylic acids is 1. The molecule has 0 aliphatic heterocycles. The van der Waals surface area contributed by atoms with Gasteiger partial charge in [-0.15, -0.1) is 0 Å². The second-order valence-electron chi connectivity index (χ2n) is 6.16. The van der Waals surface area contributed by atoms with Crippen LogP contribution in [-0.2, 0) is 6.42 Å². The van der Waals surface area contributed by atoms with E-state index in [4.69, 9.17) is 5.73 Å². The van der Waals surface area contributed by atoms with E-state index in [9.17, 15) is 4.79 Å². The summed E-state index contributed by atoms with van der Waals surface area (Å²) in [6, 6.07) is 1.92. The molecular formula is C15H21N3O. The van der Waals surface area contributed by atoms with Gasteiger partial charge in [-0.3, -0.25) is 9.78 Å². The second kappa shape index (κ2) is 4.30. The van der Waals surface area contributed by atoms with Crippen LogP contribution in [-0.4, -0.2) is 22.0 Å². The molecule has 2 saturated carbocycles. The van der Waals surface area contributed by atoms with Gasteiger partial charge in [0.25, 0.3) is 5.91 Å². The first-order valence-corrected chi connectivity index (χ1v) is 7.10. The van der Waals surface area contributed by atoms with Crippen molar-refractivity contribution in [3.05, 3.63) is 29.6 Å². The molecule has 1 amide bonds. The van der Waals surface area contributed by atoms with Crippen molar-refractivity contribution in [3.63, 3.8) is 0 Å².